The molecule has 2 heterocycles. The van der Waals surface area contributed by atoms with Crippen LogP contribution in [-0.2, 0) is 20.3 Å². The third-order valence-electron chi connectivity index (χ3n) is 4.90. The van der Waals surface area contributed by atoms with Crippen LogP contribution in [-0.4, -0.2) is 37.4 Å². The van der Waals surface area contributed by atoms with Crippen LogP contribution in [0, 0.1) is 4.77 Å². The third-order valence-corrected chi connectivity index (χ3v) is 5.39. The van der Waals surface area contributed by atoms with Gasteiger partial charge in [0.05, 0.1) is 13.8 Å². The molecule has 3 aromatic rings. The van der Waals surface area contributed by atoms with Gasteiger partial charge in [0.1, 0.15) is 5.75 Å². The Morgan fingerprint density at radius 3 is 2.48 bits per heavy atom. The van der Waals surface area contributed by atoms with Crippen LogP contribution in [0.15, 0.2) is 48.8 Å². The van der Waals surface area contributed by atoms with Crippen molar-refractivity contribution in [1.29, 1.82) is 0 Å². The molecule has 0 atom stereocenters. The molecule has 1 aromatic carbocycles. The summed E-state index contributed by atoms with van der Waals surface area (Å²) in [5, 5.41) is 4.78. The molecule has 0 N–H and O–H groups in total. The minimum Gasteiger partial charge on any atom is -0.497 e. The first kappa shape index (κ1) is 17.9. The topological polar surface area (TPSA) is 48.1 Å². The third kappa shape index (κ3) is 3.94. The Morgan fingerprint density at radius 1 is 1.15 bits per heavy atom. The number of methoxy groups -OCH3 is 1. The van der Waals surface area contributed by atoms with Gasteiger partial charge in [-0.05, 0) is 54.9 Å². The maximum atomic E-state index is 5.64. The fraction of sp³-hybridized carbons (Fsp3) is 0.350. The summed E-state index contributed by atoms with van der Waals surface area (Å²) in [7, 11) is 3.65. The zero-order valence-electron chi connectivity index (χ0n) is 15.6. The first-order valence-electron chi connectivity index (χ1n) is 9.07. The van der Waals surface area contributed by atoms with Crippen LogP contribution in [0.4, 0.5) is 0 Å². The highest BCUT2D eigenvalue weighted by molar-refractivity contribution is 7.71. The lowest BCUT2D eigenvalue weighted by Crippen LogP contribution is -2.29. The van der Waals surface area contributed by atoms with E-state index < -0.39 is 0 Å². The van der Waals surface area contributed by atoms with E-state index in [2.05, 4.69) is 22.0 Å². The van der Waals surface area contributed by atoms with Gasteiger partial charge >= 0.3 is 0 Å². The van der Waals surface area contributed by atoms with Crippen molar-refractivity contribution in [3.05, 3.63) is 59.1 Å². The molecule has 4 rings (SSSR count). The fourth-order valence-corrected chi connectivity index (χ4v) is 3.39. The van der Waals surface area contributed by atoms with E-state index in [4.69, 9.17) is 22.1 Å². The van der Waals surface area contributed by atoms with Gasteiger partial charge in [-0.15, -0.1) is 0 Å². The van der Waals surface area contributed by atoms with Crippen LogP contribution < -0.4 is 4.74 Å². The number of rotatable bonds is 7. The Labute approximate surface area is 164 Å². The van der Waals surface area contributed by atoms with Crippen LogP contribution in [0.5, 0.6) is 5.75 Å². The van der Waals surface area contributed by atoms with E-state index in [1.54, 1.807) is 19.5 Å². The van der Waals surface area contributed by atoms with Gasteiger partial charge in [-0.2, -0.15) is 5.10 Å². The Kier molecular flexibility index (Phi) is 5.05. The lowest BCUT2D eigenvalue weighted by atomic mass is 10.2. The second-order valence-corrected chi connectivity index (χ2v) is 7.23. The number of pyridine rings is 1. The van der Waals surface area contributed by atoms with Crippen molar-refractivity contribution in [3.63, 3.8) is 0 Å². The molecule has 0 radical (unpaired) electrons. The Balaban J connectivity index is 1.56. The summed E-state index contributed by atoms with van der Waals surface area (Å²) in [6.07, 6.45) is 6.01. The average molecular weight is 382 g/mol. The van der Waals surface area contributed by atoms with E-state index in [0.717, 1.165) is 28.5 Å². The molecule has 2 aromatic heterocycles. The molecule has 0 spiro atoms. The highest BCUT2D eigenvalue weighted by Crippen LogP contribution is 2.29. The molecule has 7 heteroatoms. The van der Waals surface area contributed by atoms with Crippen LogP contribution in [0.3, 0.4) is 0 Å². The molecule has 1 fully saturated rings. The molecule has 1 aliphatic carbocycles. The number of hydrogen-bond acceptors (Lipinski definition) is 5. The van der Waals surface area contributed by atoms with E-state index in [1.807, 2.05) is 40.6 Å². The summed E-state index contributed by atoms with van der Waals surface area (Å²) in [4.78, 5) is 6.53. The zero-order chi connectivity index (χ0) is 18.8. The van der Waals surface area contributed by atoms with Gasteiger partial charge in [0.25, 0.3) is 0 Å². The molecular weight excluding hydrogens is 358 g/mol. The van der Waals surface area contributed by atoms with Crippen molar-refractivity contribution in [1.82, 2.24) is 24.2 Å². The van der Waals surface area contributed by atoms with Gasteiger partial charge in [0, 0.05) is 37.6 Å². The van der Waals surface area contributed by atoms with Gasteiger partial charge in [0.15, 0.2) is 10.6 Å². The molecule has 27 heavy (non-hydrogen) atoms. The largest absolute Gasteiger partial charge is 0.497 e. The fourth-order valence-electron chi connectivity index (χ4n) is 3.20. The summed E-state index contributed by atoms with van der Waals surface area (Å²) in [6, 6.07) is 12.8. The summed E-state index contributed by atoms with van der Waals surface area (Å²) in [5.74, 6) is 1.74. The standard InChI is InChI=1S/C20H23N5OS/c1-23-19(16-9-11-21-12-10-16)22-25(20(23)27)14-24(17-5-6-17)13-15-3-7-18(26-2)8-4-15/h3-4,7-12,17H,5-6,13-14H2,1-2H3. The molecule has 0 saturated heterocycles. The van der Waals surface area contributed by atoms with E-state index >= 15 is 0 Å². The molecule has 0 unspecified atom stereocenters. The van der Waals surface area contributed by atoms with Crippen molar-refractivity contribution >= 4 is 12.2 Å². The minimum absolute atomic E-state index is 0.598. The lowest BCUT2D eigenvalue weighted by Gasteiger charge is -2.22. The molecule has 1 saturated carbocycles. The lowest BCUT2D eigenvalue weighted by molar-refractivity contribution is 0.186. The Hall–Kier alpha value is -2.51. The van der Waals surface area contributed by atoms with Crippen LogP contribution in [0.25, 0.3) is 11.4 Å². The van der Waals surface area contributed by atoms with Crippen LogP contribution >= 0.6 is 12.2 Å². The highest BCUT2D eigenvalue weighted by atomic mass is 32.1. The molecule has 0 amide bonds. The van der Waals surface area contributed by atoms with E-state index in [9.17, 15) is 0 Å². The monoisotopic (exact) mass is 381 g/mol. The Bertz CT molecular complexity index is 960. The number of benzene rings is 1. The quantitative estimate of drug-likeness (QED) is 0.585. The van der Waals surface area contributed by atoms with Gasteiger partial charge in [-0.1, -0.05) is 12.1 Å². The van der Waals surface area contributed by atoms with Crippen molar-refractivity contribution in [2.24, 2.45) is 7.05 Å². The maximum Gasteiger partial charge on any atom is 0.199 e. The average Bonchev–Trinajstić information content (AvgIpc) is 3.52. The second-order valence-electron chi connectivity index (χ2n) is 6.87. The van der Waals surface area contributed by atoms with Crippen LogP contribution in [0.1, 0.15) is 18.4 Å². The molecule has 6 nitrogen and oxygen atoms in total. The van der Waals surface area contributed by atoms with Crippen molar-refractivity contribution in [3.8, 4) is 17.1 Å². The van der Waals surface area contributed by atoms with Gasteiger partial charge in [0.2, 0.25) is 0 Å². The van der Waals surface area contributed by atoms with Crippen molar-refractivity contribution in [2.45, 2.75) is 32.1 Å². The summed E-state index contributed by atoms with van der Waals surface area (Å²) >= 11 is 5.64. The summed E-state index contributed by atoms with van der Waals surface area (Å²) in [6.45, 7) is 1.56. The van der Waals surface area contributed by atoms with E-state index in [0.29, 0.717) is 12.7 Å². The van der Waals surface area contributed by atoms with Gasteiger partial charge in [-0.25, -0.2) is 4.68 Å². The number of nitrogens with zero attached hydrogens (tertiary/aromatic N) is 5. The smallest absolute Gasteiger partial charge is 0.199 e. The van der Waals surface area contributed by atoms with Gasteiger partial charge in [-0.3, -0.25) is 9.88 Å². The molecule has 0 bridgehead atoms. The normalized spacial score (nSPS) is 13.9. The predicted octanol–water partition coefficient (Wildman–Crippen LogP) is 3.64. The van der Waals surface area contributed by atoms with E-state index in [1.165, 1.54) is 18.4 Å². The minimum atomic E-state index is 0.598. The van der Waals surface area contributed by atoms with Crippen molar-refractivity contribution in [2.75, 3.05) is 7.11 Å². The summed E-state index contributed by atoms with van der Waals surface area (Å²) < 4.78 is 9.86. The molecule has 140 valence electrons. The zero-order valence-corrected chi connectivity index (χ0v) is 16.4. The Morgan fingerprint density at radius 2 is 1.85 bits per heavy atom. The number of aromatic nitrogens is 4. The van der Waals surface area contributed by atoms with Crippen molar-refractivity contribution < 1.29 is 4.74 Å². The first-order valence-corrected chi connectivity index (χ1v) is 9.48. The molecular formula is C20H23N5OS. The second kappa shape index (κ2) is 7.62. The first-order chi connectivity index (χ1) is 13.2. The van der Waals surface area contributed by atoms with Gasteiger partial charge < -0.3 is 9.30 Å². The molecule has 1 aliphatic rings. The maximum absolute atomic E-state index is 5.64. The SMILES string of the molecule is COc1ccc(CN(Cn2nc(-c3ccncc3)n(C)c2=S)C2CC2)cc1. The molecule has 0 aliphatic heterocycles. The highest BCUT2D eigenvalue weighted by Gasteiger charge is 2.29. The van der Waals surface area contributed by atoms with Crippen LogP contribution in [0.2, 0.25) is 0 Å². The summed E-state index contributed by atoms with van der Waals surface area (Å²) in [5.41, 5.74) is 2.28. The number of ether oxygens (including phenoxy) is 1. The predicted molar refractivity (Wildman–Crippen MR) is 107 cm³/mol. The number of hydrogen-bond donors (Lipinski definition) is 0. The van der Waals surface area contributed by atoms with E-state index in [-0.39, 0.29) is 0 Å².